The van der Waals surface area contributed by atoms with Gasteiger partial charge in [0.1, 0.15) is 0 Å². The molecular weight excluding hydrogens is 280 g/mol. The first-order valence-electron chi connectivity index (χ1n) is 6.78. The van der Waals surface area contributed by atoms with Gasteiger partial charge in [-0.05, 0) is 35.3 Å². The van der Waals surface area contributed by atoms with Gasteiger partial charge in [-0.15, -0.1) is 0 Å². The average Bonchev–Trinajstić information content (AvgIpc) is 2.48. The molecule has 0 aliphatic rings. The van der Waals surface area contributed by atoms with Crippen LogP contribution in [0.15, 0.2) is 54.6 Å². The Labute approximate surface area is 129 Å². The van der Waals surface area contributed by atoms with Crippen LogP contribution in [0.3, 0.4) is 0 Å². The second-order valence-corrected chi connectivity index (χ2v) is 5.78. The molecular formula is C18H18O2S. The molecule has 0 aromatic heterocycles. The number of carbonyl (C=O) groups is 1. The van der Waals surface area contributed by atoms with Gasteiger partial charge in [-0.1, -0.05) is 48.5 Å². The largest absolute Gasteiger partial charge is 0.478 e. The van der Waals surface area contributed by atoms with E-state index < -0.39 is 5.97 Å². The lowest BCUT2D eigenvalue weighted by atomic mass is 10.1. The highest BCUT2D eigenvalue weighted by Crippen LogP contribution is 2.22. The Hall–Kier alpha value is -2.00. The van der Waals surface area contributed by atoms with Gasteiger partial charge in [-0.25, -0.2) is 4.79 Å². The molecule has 0 amide bonds. The van der Waals surface area contributed by atoms with E-state index in [0.29, 0.717) is 0 Å². The third kappa shape index (κ3) is 4.80. The zero-order valence-corrected chi connectivity index (χ0v) is 12.8. The van der Waals surface area contributed by atoms with E-state index in [9.17, 15) is 4.79 Å². The fraction of sp³-hybridized carbons (Fsp3) is 0.167. The van der Waals surface area contributed by atoms with E-state index >= 15 is 0 Å². The number of thioether (sulfide) groups is 1. The van der Waals surface area contributed by atoms with Crippen LogP contribution in [0.4, 0.5) is 0 Å². The summed E-state index contributed by atoms with van der Waals surface area (Å²) in [7, 11) is 0. The van der Waals surface area contributed by atoms with Crippen LogP contribution in [-0.4, -0.2) is 11.1 Å². The second-order valence-electron chi connectivity index (χ2n) is 4.79. The lowest BCUT2D eigenvalue weighted by molar-refractivity contribution is -0.131. The molecule has 2 nitrogen and oxygen atoms in total. The summed E-state index contributed by atoms with van der Waals surface area (Å²) in [6.07, 6.45) is 2.84. The van der Waals surface area contributed by atoms with E-state index in [2.05, 4.69) is 31.2 Å². The van der Waals surface area contributed by atoms with Crippen LogP contribution < -0.4 is 0 Å². The topological polar surface area (TPSA) is 37.3 Å². The van der Waals surface area contributed by atoms with E-state index in [1.807, 2.05) is 36.0 Å². The van der Waals surface area contributed by atoms with Gasteiger partial charge in [-0.2, -0.15) is 11.8 Å². The number of aryl methyl sites for hydroxylation is 1. The Morgan fingerprint density at radius 3 is 2.38 bits per heavy atom. The standard InChI is InChI=1S/C18H18O2S/c1-14-6-2-3-8-16(14)12-21-13-17-9-5-4-7-15(17)10-11-18(19)20/h2-11H,12-13H2,1H3,(H,19,20). The first-order valence-corrected chi connectivity index (χ1v) is 7.93. The molecule has 2 rings (SSSR count). The number of hydrogen-bond acceptors (Lipinski definition) is 2. The molecule has 0 unspecified atom stereocenters. The van der Waals surface area contributed by atoms with Crippen molar-refractivity contribution in [1.29, 1.82) is 0 Å². The molecule has 0 atom stereocenters. The van der Waals surface area contributed by atoms with Gasteiger partial charge in [0.15, 0.2) is 0 Å². The van der Waals surface area contributed by atoms with Gasteiger partial charge >= 0.3 is 5.97 Å². The molecule has 0 aliphatic heterocycles. The molecule has 3 heteroatoms. The normalized spacial score (nSPS) is 10.9. The zero-order chi connectivity index (χ0) is 15.1. The highest BCUT2D eigenvalue weighted by atomic mass is 32.2. The van der Waals surface area contributed by atoms with Crippen LogP contribution in [0.25, 0.3) is 6.08 Å². The number of rotatable bonds is 6. The summed E-state index contributed by atoms with van der Waals surface area (Å²) in [6.45, 7) is 2.12. The Balaban J connectivity index is 2.00. The van der Waals surface area contributed by atoms with Crippen molar-refractivity contribution in [3.63, 3.8) is 0 Å². The van der Waals surface area contributed by atoms with Crippen LogP contribution in [0.5, 0.6) is 0 Å². The smallest absolute Gasteiger partial charge is 0.328 e. The zero-order valence-electron chi connectivity index (χ0n) is 12.0. The Morgan fingerprint density at radius 1 is 1.05 bits per heavy atom. The minimum absolute atomic E-state index is 0.870. The monoisotopic (exact) mass is 298 g/mol. The van der Waals surface area contributed by atoms with Crippen LogP contribution >= 0.6 is 11.8 Å². The van der Waals surface area contributed by atoms with Crippen LogP contribution in [0, 0.1) is 6.92 Å². The maximum absolute atomic E-state index is 10.6. The molecule has 1 N–H and O–H groups in total. The first-order chi connectivity index (χ1) is 10.2. The van der Waals surface area contributed by atoms with Crippen molar-refractivity contribution in [2.24, 2.45) is 0 Å². The second kappa shape index (κ2) is 7.70. The fourth-order valence-corrected chi connectivity index (χ4v) is 3.16. The maximum Gasteiger partial charge on any atom is 0.328 e. The third-order valence-electron chi connectivity index (χ3n) is 3.24. The van der Waals surface area contributed by atoms with Crippen molar-refractivity contribution in [2.45, 2.75) is 18.4 Å². The molecule has 2 aromatic rings. The lowest BCUT2D eigenvalue weighted by Gasteiger charge is -2.07. The molecule has 0 aliphatic carbocycles. The van der Waals surface area contributed by atoms with Crippen molar-refractivity contribution in [2.75, 3.05) is 0 Å². The highest BCUT2D eigenvalue weighted by Gasteiger charge is 2.02. The summed E-state index contributed by atoms with van der Waals surface area (Å²) in [5.74, 6) is 0.912. The number of hydrogen-bond donors (Lipinski definition) is 1. The van der Waals surface area contributed by atoms with Gasteiger partial charge in [-0.3, -0.25) is 0 Å². The summed E-state index contributed by atoms with van der Waals surface area (Å²) < 4.78 is 0. The molecule has 2 aromatic carbocycles. The average molecular weight is 298 g/mol. The fourth-order valence-electron chi connectivity index (χ4n) is 2.03. The highest BCUT2D eigenvalue weighted by molar-refractivity contribution is 7.97. The first kappa shape index (κ1) is 15.4. The Bertz CT molecular complexity index is 647. The molecule has 0 spiro atoms. The Kier molecular flexibility index (Phi) is 5.64. The molecule has 21 heavy (non-hydrogen) atoms. The van der Waals surface area contributed by atoms with E-state index in [1.165, 1.54) is 17.2 Å². The minimum Gasteiger partial charge on any atom is -0.478 e. The number of carboxylic acids is 1. The predicted octanol–water partition coefficient (Wildman–Crippen LogP) is 4.53. The van der Waals surface area contributed by atoms with Gasteiger partial charge in [0.25, 0.3) is 0 Å². The van der Waals surface area contributed by atoms with Crippen molar-refractivity contribution < 1.29 is 9.90 Å². The third-order valence-corrected chi connectivity index (χ3v) is 4.27. The van der Waals surface area contributed by atoms with Crippen LogP contribution in [-0.2, 0) is 16.3 Å². The summed E-state index contributed by atoms with van der Waals surface area (Å²) in [6, 6.07) is 16.3. The predicted molar refractivity (Wildman–Crippen MR) is 89.3 cm³/mol. The van der Waals surface area contributed by atoms with Gasteiger partial charge < -0.3 is 5.11 Å². The molecule has 0 radical (unpaired) electrons. The quantitative estimate of drug-likeness (QED) is 0.796. The Morgan fingerprint density at radius 2 is 1.67 bits per heavy atom. The minimum atomic E-state index is -0.919. The summed E-state index contributed by atoms with van der Waals surface area (Å²) in [4.78, 5) is 10.6. The molecule has 0 fully saturated rings. The van der Waals surface area contributed by atoms with Crippen molar-refractivity contribution in [1.82, 2.24) is 0 Å². The van der Waals surface area contributed by atoms with Crippen molar-refractivity contribution in [3.05, 3.63) is 76.9 Å². The van der Waals surface area contributed by atoms with Crippen LogP contribution in [0.2, 0.25) is 0 Å². The molecule has 108 valence electrons. The van der Waals surface area contributed by atoms with Crippen molar-refractivity contribution >= 4 is 23.8 Å². The maximum atomic E-state index is 10.6. The number of carboxylic acid groups (broad SMARTS) is 1. The summed E-state index contributed by atoms with van der Waals surface area (Å²) in [5, 5.41) is 8.73. The molecule has 0 saturated heterocycles. The van der Waals surface area contributed by atoms with Gasteiger partial charge in [0.05, 0.1) is 0 Å². The molecule has 0 heterocycles. The van der Waals surface area contributed by atoms with Gasteiger partial charge in [0.2, 0.25) is 0 Å². The van der Waals surface area contributed by atoms with Crippen molar-refractivity contribution in [3.8, 4) is 0 Å². The summed E-state index contributed by atoms with van der Waals surface area (Å²) in [5.41, 5.74) is 4.79. The van der Waals surface area contributed by atoms with Crippen LogP contribution in [0.1, 0.15) is 22.3 Å². The van der Waals surface area contributed by atoms with E-state index in [0.717, 1.165) is 22.6 Å². The number of aliphatic carboxylic acids is 1. The van der Waals surface area contributed by atoms with E-state index in [1.54, 1.807) is 6.08 Å². The SMILES string of the molecule is Cc1ccccc1CSCc1ccccc1C=CC(=O)O. The number of benzene rings is 2. The van der Waals surface area contributed by atoms with Gasteiger partial charge in [0, 0.05) is 17.6 Å². The summed E-state index contributed by atoms with van der Waals surface area (Å²) >= 11 is 1.84. The van der Waals surface area contributed by atoms with E-state index in [4.69, 9.17) is 5.11 Å². The molecule has 0 saturated carbocycles. The lowest BCUT2D eigenvalue weighted by Crippen LogP contribution is -1.91. The van der Waals surface area contributed by atoms with E-state index in [-0.39, 0.29) is 0 Å². The molecule has 0 bridgehead atoms.